The van der Waals surface area contributed by atoms with Gasteiger partial charge in [-0.25, -0.2) is 14.4 Å². The predicted octanol–water partition coefficient (Wildman–Crippen LogP) is 2.88. The Labute approximate surface area is 156 Å². The van der Waals surface area contributed by atoms with Crippen molar-refractivity contribution in [1.29, 1.82) is 0 Å². The zero-order chi connectivity index (χ0) is 19.9. The molecule has 6 nitrogen and oxygen atoms in total. The molecule has 0 unspecified atom stereocenters. The van der Waals surface area contributed by atoms with Crippen molar-refractivity contribution >= 4 is 0 Å². The summed E-state index contributed by atoms with van der Waals surface area (Å²) in [5, 5.41) is 0. The Balaban J connectivity index is 1.50. The number of hydrogen-bond donors (Lipinski definition) is 2. The molecule has 0 aliphatic carbocycles. The normalized spacial score (nSPS) is 14.9. The van der Waals surface area contributed by atoms with Gasteiger partial charge in [-0.15, -0.1) is 0 Å². The number of aromatic amines is 2. The maximum Gasteiger partial charge on any atom is 0.449 e. The van der Waals surface area contributed by atoms with Gasteiger partial charge in [0.15, 0.2) is 0 Å². The number of H-pyrrole nitrogens is 2. The average molecular weight is 393 g/mol. The van der Waals surface area contributed by atoms with Crippen molar-refractivity contribution in [3.63, 3.8) is 0 Å². The van der Waals surface area contributed by atoms with Crippen LogP contribution in [0.5, 0.6) is 0 Å². The Morgan fingerprint density at radius 3 is 2.61 bits per heavy atom. The molecule has 0 fully saturated rings. The van der Waals surface area contributed by atoms with Gasteiger partial charge in [0, 0.05) is 19.5 Å². The van der Waals surface area contributed by atoms with Crippen LogP contribution in [0.4, 0.5) is 17.6 Å². The molecule has 0 bridgehead atoms. The van der Waals surface area contributed by atoms with E-state index in [4.69, 9.17) is 0 Å². The van der Waals surface area contributed by atoms with E-state index in [9.17, 15) is 22.4 Å². The van der Waals surface area contributed by atoms with Crippen LogP contribution in [0.1, 0.15) is 22.9 Å². The quantitative estimate of drug-likeness (QED) is 0.671. The lowest BCUT2D eigenvalue weighted by Gasteiger charge is -2.27. The second-order valence-corrected chi connectivity index (χ2v) is 6.55. The molecular formula is C18H15F4N5O. The maximum atomic E-state index is 13.0. The van der Waals surface area contributed by atoms with Gasteiger partial charge in [-0.3, -0.25) is 9.69 Å². The van der Waals surface area contributed by atoms with Gasteiger partial charge in [0.2, 0.25) is 5.82 Å². The van der Waals surface area contributed by atoms with E-state index in [1.54, 1.807) is 18.3 Å². The zero-order valence-electron chi connectivity index (χ0n) is 14.5. The van der Waals surface area contributed by atoms with E-state index in [0.29, 0.717) is 18.9 Å². The van der Waals surface area contributed by atoms with E-state index in [-0.39, 0.29) is 30.0 Å². The van der Waals surface area contributed by atoms with Crippen LogP contribution in [0.15, 0.2) is 35.3 Å². The van der Waals surface area contributed by atoms with Crippen molar-refractivity contribution in [2.75, 3.05) is 6.54 Å². The van der Waals surface area contributed by atoms with Crippen LogP contribution < -0.4 is 5.56 Å². The molecule has 4 rings (SSSR count). The number of halogens is 4. The molecule has 3 aromatic rings. The molecular weight excluding hydrogens is 378 g/mol. The van der Waals surface area contributed by atoms with E-state index in [1.807, 2.05) is 9.88 Å². The SMILES string of the molecule is O=c1[nH]c(C(F)(F)F)nc2c1CN(Cc1ncc(-c3ccc(F)cc3)[nH]1)CC2. The molecule has 0 radical (unpaired) electrons. The van der Waals surface area contributed by atoms with Crippen LogP contribution in [0.3, 0.4) is 0 Å². The molecule has 146 valence electrons. The molecule has 3 heterocycles. The van der Waals surface area contributed by atoms with Gasteiger partial charge in [0.1, 0.15) is 11.6 Å². The highest BCUT2D eigenvalue weighted by molar-refractivity contribution is 5.58. The highest BCUT2D eigenvalue weighted by Gasteiger charge is 2.36. The molecule has 10 heteroatoms. The minimum absolute atomic E-state index is 0.179. The van der Waals surface area contributed by atoms with Gasteiger partial charge in [-0.2, -0.15) is 13.2 Å². The maximum absolute atomic E-state index is 13.0. The lowest BCUT2D eigenvalue weighted by Crippen LogP contribution is -2.36. The Hall–Kier alpha value is -3.01. The number of nitrogens with one attached hydrogen (secondary N) is 2. The molecule has 0 saturated heterocycles. The predicted molar refractivity (Wildman–Crippen MR) is 91.7 cm³/mol. The Bertz CT molecular complexity index is 1060. The number of aromatic nitrogens is 4. The molecule has 0 amide bonds. The smallest absolute Gasteiger partial charge is 0.341 e. The van der Waals surface area contributed by atoms with E-state index in [1.165, 1.54) is 12.1 Å². The summed E-state index contributed by atoms with van der Waals surface area (Å²) >= 11 is 0. The summed E-state index contributed by atoms with van der Waals surface area (Å²) < 4.78 is 51.4. The van der Waals surface area contributed by atoms with Gasteiger partial charge in [0.05, 0.1) is 29.7 Å². The highest BCUT2D eigenvalue weighted by Crippen LogP contribution is 2.27. The van der Waals surface area contributed by atoms with Crippen LogP contribution in [-0.4, -0.2) is 31.4 Å². The average Bonchev–Trinajstić information content (AvgIpc) is 3.10. The molecule has 1 aliphatic rings. The number of imidazole rings is 1. The number of alkyl halides is 3. The second kappa shape index (κ2) is 6.86. The van der Waals surface area contributed by atoms with Crippen LogP contribution in [-0.2, 0) is 25.7 Å². The van der Waals surface area contributed by atoms with Crippen molar-refractivity contribution in [3.05, 3.63) is 69.5 Å². The van der Waals surface area contributed by atoms with Crippen LogP contribution in [0.2, 0.25) is 0 Å². The lowest BCUT2D eigenvalue weighted by molar-refractivity contribution is -0.145. The molecule has 1 aliphatic heterocycles. The Morgan fingerprint density at radius 2 is 1.89 bits per heavy atom. The van der Waals surface area contributed by atoms with Gasteiger partial charge < -0.3 is 9.97 Å². The minimum Gasteiger partial charge on any atom is -0.341 e. The number of fused-ring (bicyclic) bond motifs is 1. The van der Waals surface area contributed by atoms with Crippen molar-refractivity contribution in [2.45, 2.75) is 25.7 Å². The van der Waals surface area contributed by atoms with Crippen molar-refractivity contribution < 1.29 is 17.6 Å². The van der Waals surface area contributed by atoms with Gasteiger partial charge in [-0.1, -0.05) is 0 Å². The molecule has 2 aromatic heterocycles. The van der Waals surface area contributed by atoms with Gasteiger partial charge in [-0.05, 0) is 29.8 Å². The summed E-state index contributed by atoms with van der Waals surface area (Å²) in [6, 6.07) is 5.97. The Kier molecular flexibility index (Phi) is 4.50. The van der Waals surface area contributed by atoms with Crippen molar-refractivity contribution in [1.82, 2.24) is 24.8 Å². The van der Waals surface area contributed by atoms with E-state index >= 15 is 0 Å². The van der Waals surface area contributed by atoms with Crippen LogP contribution in [0, 0.1) is 5.82 Å². The van der Waals surface area contributed by atoms with Crippen molar-refractivity contribution in [2.24, 2.45) is 0 Å². The van der Waals surface area contributed by atoms with Gasteiger partial charge >= 0.3 is 6.18 Å². The molecule has 0 spiro atoms. The topological polar surface area (TPSA) is 77.7 Å². The number of hydrogen-bond acceptors (Lipinski definition) is 4. The van der Waals surface area contributed by atoms with E-state index < -0.39 is 17.6 Å². The number of benzene rings is 1. The third-order valence-corrected chi connectivity index (χ3v) is 4.57. The Morgan fingerprint density at radius 1 is 1.14 bits per heavy atom. The third-order valence-electron chi connectivity index (χ3n) is 4.57. The van der Waals surface area contributed by atoms with Crippen LogP contribution in [0.25, 0.3) is 11.3 Å². The van der Waals surface area contributed by atoms with Crippen LogP contribution >= 0.6 is 0 Å². The summed E-state index contributed by atoms with van der Waals surface area (Å²) in [7, 11) is 0. The van der Waals surface area contributed by atoms with Gasteiger partial charge in [0.25, 0.3) is 5.56 Å². The number of nitrogens with zero attached hydrogens (tertiary/aromatic N) is 3. The number of rotatable bonds is 3. The lowest BCUT2D eigenvalue weighted by atomic mass is 10.1. The van der Waals surface area contributed by atoms with Crippen molar-refractivity contribution in [3.8, 4) is 11.3 Å². The fraction of sp³-hybridized carbons (Fsp3) is 0.278. The second-order valence-electron chi connectivity index (χ2n) is 6.55. The summed E-state index contributed by atoms with van der Waals surface area (Å²) in [4.78, 5) is 26.8. The third kappa shape index (κ3) is 3.68. The summed E-state index contributed by atoms with van der Waals surface area (Å²) in [6.07, 6.45) is -2.81. The first kappa shape index (κ1) is 18.4. The zero-order valence-corrected chi connectivity index (χ0v) is 14.5. The first-order valence-electron chi connectivity index (χ1n) is 8.51. The fourth-order valence-electron chi connectivity index (χ4n) is 3.18. The summed E-state index contributed by atoms with van der Waals surface area (Å²) in [6.45, 7) is 1.02. The fourth-order valence-corrected chi connectivity index (χ4v) is 3.18. The monoisotopic (exact) mass is 393 g/mol. The largest absolute Gasteiger partial charge is 0.449 e. The molecule has 2 N–H and O–H groups in total. The summed E-state index contributed by atoms with van der Waals surface area (Å²) in [5.41, 5.74) is 1.16. The minimum atomic E-state index is -4.68. The highest BCUT2D eigenvalue weighted by atomic mass is 19.4. The first-order valence-corrected chi connectivity index (χ1v) is 8.51. The molecule has 0 atom stereocenters. The van der Waals surface area contributed by atoms with E-state index in [2.05, 4.69) is 15.0 Å². The molecule has 28 heavy (non-hydrogen) atoms. The first-order chi connectivity index (χ1) is 13.3. The molecule has 0 saturated carbocycles. The standard InChI is InChI=1S/C18H15F4N5O/c19-11-3-1-10(2-4-11)14-7-23-15(24-14)9-27-6-5-13-12(8-27)16(28)26-17(25-13)18(20,21)22/h1-4,7H,5-6,8-9H2,(H,23,24)(H,25,26,28). The van der Waals surface area contributed by atoms with E-state index in [0.717, 1.165) is 11.3 Å². The molecule has 1 aromatic carbocycles. The summed E-state index contributed by atoms with van der Waals surface area (Å²) in [5.74, 6) is -0.957.